The van der Waals surface area contributed by atoms with Gasteiger partial charge in [-0.15, -0.1) is 0 Å². The van der Waals surface area contributed by atoms with Gasteiger partial charge in [0.25, 0.3) is 4.33 Å². The van der Waals surface area contributed by atoms with Crippen molar-refractivity contribution >= 4 is 29.0 Å². The van der Waals surface area contributed by atoms with Gasteiger partial charge >= 0.3 is 17.8 Å². The minimum Gasteiger partial charge on any atom is -0.358 e. The predicted octanol–water partition coefficient (Wildman–Crippen LogP) is 1.23. The Balaban J connectivity index is 3.61. The van der Waals surface area contributed by atoms with E-state index < -0.39 is 37.6 Å². The lowest BCUT2D eigenvalue weighted by Crippen LogP contribution is -2.63. The summed E-state index contributed by atoms with van der Waals surface area (Å²) in [6.07, 6.45) is -5.37. The van der Waals surface area contributed by atoms with Gasteiger partial charge in [0.2, 0.25) is 0 Å². The Morgan fingerprint density at radius 2 is 1.79 bits per heavy atom. The van der Waals surface area contributed by atoms with E-state index in [0.717, 1.165) is 0 Å². The molecule has 0 saturated heterocycles. The molecule has 1 atom stereocenters. The molecule has 1 heterocycles. The van der Waals surface area contributed by atoms with Crippen molar-refractivity contribution in [3.8, 4) is 0 Å². The average molecular weight is 323 g/mol. The molecule has 106 valence electrons. The lowest BCUT2D eigenvalue weighted by molar-refractivity contribution is -0.570. The first-order valence-electron chi connectivity index (χ1n) is 4.19. The number of amidine groups is 1. The number of dihydropyridines is 1. The van der Waals surface area contributed by atoms with Crippen LogP contribution in [-0.4, -0.2) is 32.0 Å². The summed E-state index contributed by atoms with van der Waals surface area (Å²) in [4.78, 5) is 21.0. The Morgan fingerprint density at radius 3 is 2.11 bits per heavy atom. The van der Waals surface area contributed by atoms with Crippen molar-refractivity contribution < 1.29 is 23.0 Å². The third-order valence-corrected chi connectivity index (χ3v) is 3.09. The summed E-state index contributed by atoms with van der Waals surface area (Å²) in [6, 6.07) is 0. The van der Waals surface area contributed by atoms with Crippen LogP contribution in [0, 0.1) is 20.2 Å². The van der Waals surface area contributed by atoms with E-state index in [1.54, 1.807) is 0 Å². The van der Waals surface area contributed by atoms with Crippen LogP contribution in [0.3, 0.4) is 0 Å². The van der Waals surface area contributed by atoms with E-state index in [1.165, 1.54) is 0 Å². The third kappa shape index (κ3) is 2.35. The zero-order chi connectivity index (χ0) is 15.2. The van der Waals surface area contributed by atoms with E-state index in [0.29, 0.717) is 0 Å². The Bertz CT molecular complexity index is 517. The van der Waals surface area contributed by atoms with E-state index in [4.69, 9.17) is 28.9 Å². The molecule has 0 radical (unpaired) electrons. The number of nitrogens with two attached hydrogens (primary N) is 1. The highest BCUT2D eigenvalue weighted by Crippen LogP contribution is 2.49. The van der Waals surface area contributed by atoms with Crippen molar-refractivity contribution in [1.29, 1.82) is 0 Å². The summed E-state index contributed by atoms with van der Waals surface area (Å²) in [5.74, 6) is -4.90. The van der Waals surface area contributed by atoms with Gasteiger partial charge in [0, 0.05) is 11.1 Å². The van der Waals surface area contributed by atoms with Gasteiger partial charge in [-0.25, -0.2) is 5.73 Å². The van der Waals surface area contributed by atoms with Crippen molar-refractivity contribution in [1.82, 2.24) is 0 Å². The smallest absolute Gasteiger partial charge is 0.358 e. The van der Waals surface area contributed by atoms with Gasteiger partial charge in [-0.05, 0) is 4.92 Å². The fraction of sp³-hybridized carbons (Fsp3) is 0.500. The maximum Gasteiger partial charge on any atom is 0.488 e. The maximum absolute atomic E-state index is 12.7. The zero-order valence-corrected chi connectivity index (χ0v) is 10.0. The zero-order valence-electron chi connectivity index (χ0n) is 8.52. The molecule has 19 heavy (non-hydrogen) atoms. The van der Waals surface area contributed by atoms with Gasteiger partial charge in [-0.2, -0.15) is 13.2 Å². The molecule has 0 aromatic carbocycles. The van der Waals surface area contributed by atoms with Crippen molar-refractivity contribution in [3.05, 3.63) is 31.9 Å². The van der Waals surface area contributed by atoms with Gasteiger partial charge in [-0.1, -0.05) is 23.2 Å². The highest BCUT2D eigenvalue weighted by Gasteiger charge is 2.72. The number of hydrogen-bond acceptors (Lipinski definition) is 6. The number of aliphatic imine (C=N–C) groups is 1. The molecular weight excluding hydrogens is 320 g/mol. The molecule has 0 fully saturated rings. The lowest BCUT2D eigenvalue weighted by Gasteiger charge is -2.29. The molecule has 1 aliphatic heterocycles. The van der Waals surface area contributed by atoms with Gasteiger partial charge in [-0.3, -0.25) is 10.1 Å². The molecule has 0 spiro atoms. The second-order valence-electron chi connectivity index (χ2n) is 3.34. The number of nitrogens with zero attached hydrogens (tertiary/aromatic N) is 3. The second-order valence-corrected chi connectivity index (χ2v) is 4.67. The topological polar surface area (TPSA) is 125 Å². The molecule has 8 nitrogen and oxygen atoms in total. The largest absolute Gasteiger partial charge is 0.488 e. The van der Waals surface area contributed by atoms with Gasteiger partial charge in [0.05, 0.1) is 10.5 Å². The van der Waals surface area contributed by atoms with Crippen molar-refractivity contribution in [2.75, 3.05) is 0 Å². The first-order chi connectivity index (χ1) is 8.34. The van der Waals surface area contributed by atoms with E-state index in [-0.39, 0.29) is 6.08 Å². The van der Waals surface area contributed by atoms with Gasteiger partial charge in [0.1, 0.15) is 0 Å². The summed E-state index contributed by atoms with van der Waals surface area (Å²) in [5.41, 5.74) is 3.06. The van der Waals surface area contributed by atoms with Crippen molar-refractivity contribution in [2.24, 2.45) is 10.7 Å². The highest BCUT2D eigenvalue weighted by molar-refractivity contribution is 6.51. The lowest BCUT2D eigenvalue weighted by atomic mass is 10.0. The average Bonchev–Trinajstić information content (AvgIpc) is 2.19. The molecule has 0 saturated carbocycles. The maximum atomic E-state index is 12.7. The van der Waals surface area contributed by atoms with Crippen LogP contribution in [0.1, 0.15) is 0 Å². The third-order valence-electron chi connectivity index (χ3n) is 2.13. The van der Waals surface area contributed by atoms with Crippen LogP contribution >= 0.6 is 23.2 Å². The van der Waals surface area contributed by atoms with Crippen molar-refractivity contribution in [3.63, 3.8) is 0 Å². The number of nitro groups is 2. The molecular formula is C6H3Cl2F3N4O4. The van der Waals surface area contributed by atoms with Gasteiger partial charge < -0.3 is 10.1 Å². The minimum atomic E-state index is -5.26. The highest BCUT2D eigenvalue weighted by atomic mass is 35.5. The number of hydrogen-bond donors (Lipinski definition) is 1. The van der Waals surface area contributed by atoms with Crippen LogP contribution in [0.15, 0.2) is 16.6 Å². The summed E-state index contributed by atoms with van der Waals surface area (Å²) in [5, 5.41) is 21.2. The normalized spacial score (nSPS) is 26.4. The van der Waals surface area contributed by atoms with E-state index in [2.05, 4.69) is 4.99 Å². The molecule has 13 heteroatoms. The first kappa shape index (κ1) is 15.6. The van der Waals surface area contributed by atoms with E-state index in [9.17, 15) is 33.4 Å². The first-order valence-corrected chi connectivity index (χ1v) is 4.94. The molecule has 0 aromatic heterocycles. The summed E-state index contributed by atoms with van der Waals surface area (Å²) >= 11 is 10.6. The Morgan fingerprint density at radius 1 is 1.32 bits per heavy atom. The molecule has 1 aliphatic rings. The summed E-state index contributed by atoms with van der Waals surface area (Å²) < 4.78 is 34.8. The monoisotopic (exact) mass is 322 g/mol. The Kier molecular flexibility index (Phi) is 3.52. The number of halogens is 5. The number of alkyl halides is 5. The van der Waals surface area contributed by atoms with Crippen LogP contribution in [0.2, 0.25) is 0 Å². The van der Waals surface area contributed by atoms with Crippen LogP contribution in [0.4, 0.5) is 13.2 Å². The predicted molar refractivity (Wildman–Crippen MR) is 56.9 cm³/mol. The van der Waals surface area contributed by atoms with E-state index >= 15 is 0 Å². The summed E-state index contributed by atoms with van der Waals surface area (Å²) in [7, 11) is 0. The SMILES string of the molecule is NC1([N+](=O)[O-])N=C([N+](=O)[O-])C=C(C(F)(F)F)C1(Cl)Cl. The van der Waals surface area contributed by atoms with Crippen molar-refractivity contribution in [2.45, 2.75) is 16.3 Å². The van der Waals surface area contributed by atoms with Crippen LogP contribution in [0.25, 0.3) is 0 Å². The molecule has 0 aliphatic carbocycles. The van der Waals surface area contributed by atoms with Gasteiger partial charge in [0.15, 0.2) is 0 Å². The molecule has 0 bridgehead atoms. The molecule has 2 N–H and O–H groups in total. The Labute approximate surface area is 112 Å². The standard InChI is InChI=1S/C6H3Cl2F3N4O4/c7-4(8)2(5(9,10)11)1-3(14(16)17)13-6(4,12)15(18)19/h1H,12H2. The van der Waals surface area contributed by atoms with Crippen LogP contribution < -0.4 is 5.73 Å². The second kappa shape index (κ2) is 4.28. The minimum absolute atomic E-state index is 0.103. The fourth-order valence-electron chi connectivity index (χ4n) is 1.20. The number of rotatable bonds is 1. The summed E-state index contributed by atoms with van der Waals surface area (Å²) in [6.45, 7) is 0. The van der Waals surface area contributed by atoms with E-state index in [1.807, 2.05) is 0 Å². The molecule has 0 aromatic rings. The molecule has 0 amide bonds. The Hall–Kier alpha value is -1.46. The van der Waals surface area contributed by atoms with Crippen LogP contribution in [0.5, 0.6) is 0 Å². The van der Waals surface area contributed by atoms with Crippen LogP contribution in [-0.2, 0) is 0 Å². The molecule has 1 unspecified atom stereocenters. The fourth-order valence-corrected chi connectivity index (χ4v) is 1.75. The quantitative estimate of drug-likeness (QED) is 0.336. The molecule has 1 rings (SSSR count).